The summed E-state index contributed by atoms with van der Waals surface area (Å²) in [6.45, 7) is 2.35. The molecule has 0 saturated carbocycles. The van der Waals surface area contributed by atoms with E-state index in [0.717, 1.165) is 15.6 Å². The fourth-order valence-corrected chi connectivity index (χ4v) is 2.33. The zero-order chi connectivity index (χ0) is 14.0. The Morgan fingerprint density at radius 1 is 1.47 bits per heavy atom. The number of hydrogen-bond acceptors (Lipinski definition) is 3. The highest BCUT2D eigenvalue weighted by atomic mass is 79.9. The van der Waals surface area contributed by atoms with Crippen LogP contribution in [-0.4, -0.2) is 17.9 Å². The summed E-state index contributed by atoms with van der Waals surface area (Å²) in [6, 6.07) is 5.42. The summed E-state index contributed by atoms with van der Waals surface area (Å²) < 4.78 is 5.80. The highest BCUT2D eigenvalue weighted by molar-refractivity contribution is 9.10. The first-order valence-electron chi connectivity index (χ1n) is 5.81. The molecule has 1 heterocycles. The second kappa shape index (κ2) is 5.48. The number of anilines is 1. The van der Waals surface area contributed by atoms with Gasteiger partial charge in [0.2, 0.25) is 0 Å². The summed E-state index contributed by atoms with van der Waals surface area (Å²) in [7, 11) is 1.76. The Hall–Kier alpha value is -1.75. The van der Waals surface area contributed by atoms with Crippen molar-refractivity contribution in [3.63, 3.8) is 0 Å². The first-order valence-corrected chi connectivity index (χ1v) is 6.60. The van der Waals surface area contributed by atoms with Crippen LogP contribution in [0.2, 0.25) is 0 Å². The van der Waals surface area contributed by atoms with E-state index in [2.05, 4.69) is 15.9 Å². The second-order valence-electron chi connectivity index (χ2n) is 4.46. The van der Waals surface area contributed by atoms with Crippen LogP contribution in [0.15, 0.2) is 39.6 Å². The number of nitrogens with two attached hydrogens (primary N) is 1. The van der Waals surface area contributed by atoms with Gasteiger partial charge in [-0.1, -0.05) is 15.9 Å². The molecule has 0 aliphatic carbocycles. The minimum Gasteiger partial charge on any atom is -0.472 e. The summed E-state index contributed by atoms with van der Waals surface area (Å²) in [5, 5.41) is 0. The number of amides is 1. The Bertz CT molecular complexity index is 594. The molecule has 1 aromatic carbocycles. The van der Waals surface area contributed by atoms with Crippen molar-refractivity contribution in [2.75, 3.05) is 12.8 Å². The Balaban J connectivity index is 2.24. The van der Waals surface area contributed by atoms with Crippen LogP contribution < -0.4 is 5.73 Å². The molecule has 0 unspecified atom stereocenters. The van der Waals surface area contributed by atoms with Crippen molar-refractivity contribution in [2.45, 2.75) is 13.5 Å². The summed E-state index contributed by atoms with van der Waals surface area (Å²) in [5.74, 6) is -0.0632. The molecular weight excluding hydrogens is 308 g/mol. The van der Waals surface area contributed by atoms with Crippen LogP contribution in [0.3, 0.4) is 0 Å². The molecule has 0 bridgehead atoms. The van der Waals surface area contributed by atoms with Crippen molar-refractivity contribution in [3.8, 4) is 0 Å². The molecule has 0 radical (unpaired) electrons. The van der Waals surface area contributed by atoms with Crippen molar-refractivity contribution in [1.29, 1.82) is 0 Å². The maximum Gasteiger partial charge on any atom is 0.254 e. The first kappa shape index (κ1) is 13.7. The maximum atomic E-state index is 12.4. The lowest BCUT2D eigenvalue weighted by Gasteiger charge is -2.18. The molecule has 0 spiro atoms. The largest absolute Gasteiger partial charge is 0.472 e. The number of carbonyl (C=O) groups excluding carboxylic acids is 1. The lowest BCUT2D eigenvalue weighted by molar-refractivity contribution is 0.0784. The molecule has 2 aromatic rings. The zero-order valence-corrected chi connectivity index (χ0v) is 12.4. The van der Waals surface area contributed by atoms with Gasteiger partial charge < -0.3 is 15.1 Å². The number of furan rings is 1. The van der Waals surface area contributed by atoms with Gasteiger partial charge in [0.1, 0.15) is 0 Å². The van der Waals surface area contributed by atoms with E-state index >= 15 is 0 Å². The quantitative estimate of drug-likeness (QED) is 0.883. The molecule has 4 nitrogen and oxygen atoms in total. The maximum absolute atomic E-state index is 12.4. The van der Waals surface area contributed by atoms with Crippen LogP contribution >= 0.6 is 15.9 Å². The predicted molar refractivity (Wildman–Crippen MR) is 77.8 cm³/mol. The van der Waals surface area contributed by atoms with Crippen LogP contribution in [0, 0.1) is 6.92 Å². The van der Waals surface area contributed by atoms with E-state index in [1.807, 2.05) is 13.0 Å². The molecule has 0 aliphatic heterocycles. The molecule has 0 saturated heterocycles. The van der Waals surface area contributed by atoms with E-state index < -0.39 is 0 Å². The Morgan fingerprint density at radius 3 is 2.84 bits per heavy atom. The third-order valence-electron chi connectivity index (χ3n) is 2.99. The second-order valence-corrected chi connectivity index (χ2v) is 5.38. The van der Waals surface area contributed by atoms with Gasteiger partial charge >= 0.3 is 0 Å². The van der Waals surface area contributed by atoms with Crippen LogP contribution in [-0.2, 0) is 6.54 Å². The van der Waals surface area contributed by atoms with Crippen molar-refractivity contribution in [3.05, 3.63) is 51.9 Å². The van der Waals surface area contributed by atoms with E-state index in [1.54, 1.807) is 36.6 Å². The summed E-state index contributed by atoms with van der Waals surface area (Å²) in [5.41, 5.74) is 8.85. The normalized spacial score (nSPS) is 10.5. The number of halogens is 1. The van der Waals surface area contributed by atoms with E-state index in [-0.39, 0.29) is 5.91 Å². The van der Waals surface area contributed by atoms with Gasteiger partial charge in [-0.3, -0.25) is 4.79 Å². The predicted octanol–water partition coefficient (Wildman–Crippen LogP) is 3.20. The van der Waals surface area contributed by atoms with Crippen LogP contribution in [0.4, 0.5) is 5.69 Å². The van der Waals surface area contributed by atoms with E-state index in [4.69, 9.17) is 10.2 Å². The molecule has 1 aromatic heterocycles. The molecule has 0 atom stereocenters. The van der Waals surface area contributed by atoms with E-state index in [0.29, 0.717) is 17.8 Å². The molecule has 2 N–H and O–H groups in total. The van der Waals surface area contributed by atoms with Crippen molar-refractivity contribution in [2.24, 2.45) is 0 Å². The van der Waals surface area contributed by atoms with Gasteiger partial charge in [-0.2, -0.15) is 0 Å². The van der Waals surface area contributed by atoms with Gasteiger partial charge in [-0.05, 0) is 30.7 Å². The fraction of sp³-hybridized carbons (Fsp3) is 0.214. The van der Waals surface area contributed by atoms with Gasteiger partial charge in [-0.25, -0.2) is 0 Å². The first-order chi connectivity index (χ1) is 8.99. The smallest absolute Gasteiger partial charge is 0.254 e. The van der Waals surface area contributed by atoms with Crippen molar-refractivity contribution < 1.29 is 9.21 Å². The topological polar surface area (TPSA) is 59.5 Å². The van der Waals surface area contributed by atoms with Crippen molar-refractivity contribution in [1.82, 2.24) is 4.90 Å². The van der Waals surface area contributed by atoms with Gasteiger partial charge in [-0.15, -0.1) is 0 Å². The number of benzene rings is 1. The van der Waals surface area contributed by atoms with Crippen LogP contribution in [0.1, 0.15) is 21.5 Å². The van der Waals surface area contributed by atoms with Crippen LogP contribution in [0.25, 0.3) is 0 Å². The number of rotatable bonds is 3. The zero-order valence-electron chi connectivity index (χ0n) is 10.8. The summed E-state index contributed by atoms with van der Waals surface area (Å²) >= 11 is 3.36. The third kappa shape index (κ3) is 2.98. The molecule has 2 rings (SSSR count). The monoisotopic (exact) mass is 322 g/mol. The molecule has 100 valence electrons. The third-order valence-corrected chi connectivity index (χ3v) is 3.45. The highest BCUT2D eigenvalue weighted by Gasteiger charge is 2.16. The van der Waals surface area contributed by atoms with Gasteiger partial charge in [0, 0.05) is 34.9 Å². The standard InChI is InChI=1S/C14H15BrN2O2/c1-9-12(5-11(15)6-13(9)16)14(18)17(2)7-10-3-4-19-8-10/h3-6,8H,7,16H2,1-2H3. The SMILES string of the molecule is Cc1c(N)cc(Br)cc1C(=O)N(C)Cc1ccoc1. The molecular formula is C14H15BrN2O2. The molecule has 0 aliphatic rings. The minimum absolute atomic E-state index is 0.0632. The fourth-order valence-electron chi connectivity index (χ4n) is 1.86. The highest BCUT2D eigenvalue weighted by Crippen LogP contribution is 2.24. The van der Waals surface area contributed by atoms with Gasteiger partial charge in [0.05, 0.1) is 12.5 Å². The molecule has 1 amide bonds. The Morgan fingerprint density at radius 2 is 2.21 bits per heavy atom. The van der Waals surface area contributed by atoms with E-state index in [9.17, 15) is 4.79 Å². The average Bonchev–Trinajstić information content (AvgIpc) is 2.85. The number of nitrogens with zero attached hydrogens (tertiary/aromatic N) is 1. The molecule has 19 heavy (non-hydrogen) atoms. The number of nitrogen functional groups attached to an aromatic ring is 1. The summed E-state index contributed by atoms with van der Waals surface area (Å²) in [4.78, 5) is 14.1. The Kier molecular flexibility index (Phi) is 3.95. The lowest BCUT2D eigenvalue weighted by Crippen LogP contribution is -2.27. The average molecular weight is 323 g/mol. The summed E-state index contributed by atoms with van der Waals surface area (Å²) in [6.07, 6.45) is 3.22. The van der Waals surface area contributed by atoms with E-state index in [1.165, 1.54) is 0 Å². The van der Waals surface area contributed by atoms with Crippen LogP contribution in [0.5, 0.6) is 0 Å². The number of carbonyl (C=O) groups is 1. The van der Waals surface area contributed by atoms with Gasteiger partial charge in [0.15, 0.2) is 0 Å². The number of hydrogen-bond donors (Lipinski definition) is 1. The Labute approximate surface area is 120 Å². The van der Waals surface area contributed by atoms with Crippen molar-refractivity contribution >= 4 is 27.5 Å². The minimum atomic E-state index is -0.0632. The lowest BCUT2D eigenvalue weighted by atomic mass is 10.1. The molecule has 5 heteroatoms. The van der Waals surface area contributed by atoms with Gasteiger partial charge in [0.25, 0.3) is 5.91 Å². The molecule has 0 fully saturated rings.